The summed E-state index contributed by atoms with van der Waals surface area (Å²) in [7, 11) is 0. The largest absolute Gasteiger partial charge is 0.330 e. The normalized spacial score (nSPS) is 15.1. The van der Waals surface area contributed by atoms with Crippen molar-refractivity contribution in [2.75, 3.05) is 6.54 Å². The van der Waals surface area contributed by atoms with Crippen molar-refractivity contribution in [1.82, 2.24) is 0 Å². The lowest BCUT2D eigenvalue weighted by atomic mass is 10.1. The van der Waals surface area contributed by atoms with Gasteiger partial charge in [-0.2, -0.15) is 0 Å². The van der Waals surface area contributed by atoms with Crippen LogP contribution in [0.3, 0.4) is 0 Å². The summed E-state index contributed by atoms with van der Waals surface area (Å²) in [6, 6.07) is 4.70. The smallest absolute Gasteiger partial charge is 0.164 e. The fourth-order valence-corrected chi connectivity index (χ4v) is 2.46. The third-order valence-corrected chi connectivity index (χ3v) is 3.83. The fraction of sp³-hybridized carbons (Fsp3) is 0.417. The number of thioether (sulfide) groups is 1. The maximum atomic E-state index is 13.6. The number of benzene rings is 1. The van der Waals surface area contributed by atoms with E-state index in [1.165, 1.54) is 6.07 Å². The van der Waals surface area contributed by atoms with E-state index < -0.39 is 0 Å². The number of hydrogen-bond acceptors (Lipinski definition) is 3. The number of ketones is 1. The molecule has 1 fully saturated rings. The maximum Gasteiger partial charge on any atom is 0.164 e. The number of halogens is 1. The van der Waals surface area contributed by atoms with E-state index in [1.54, 1.807) is 23.9 Å². The maximum absolute atomic E-state index is 13.6. The molecular formula is C12H14FNOS. The Hall–Kier alpha value is -0.870. The Morgan fingerprint density at radius 3 is 2.81 bits per heavy atom. The van der Waals surface area contributed by atoms with Crippen LogP contribution < -0.4 is 5.73 Å². The van der Waals surface area contributed by atoms with Gasteiger partial charge in [-0.15, -0.1) is 11.8 Å². The van der Waals surface area contributed by atoms with Crippen LogP contribution >= 0.6 is 11.8 Å². The lowest BCUT2D eigenvalue weighted by Crippen LogP contribution is -2.08. The predicted molar refractivity (Wildman–Crippen MR) is 63.3 cm³/mol. The Morgan fingerprint density at radius 2 is 2.25 bits per heavy atom. The molecule has 1 aromatic rings. The van der Waals surface area contributed by atoms with Crippen molar-refractivity contribution < 1.29 is 9.18 Å². The predicted octanol–water partition coefficient (Wildman–Crippen LogP) is 2.61. The molecular weight excluding hydrogens is 225 g/mol. The molecule has 0 saturated heterocycles. The minimum absolute atomic E-state index is 0.0932. The van der Waals surface area contributed by atoms with Crippen molar-refractivity contribution in [2.24, 2.45) is 5.73 Å². The third kappa shape index (κ3) is 2.83. The lowest BCUT2D eigenvalue weighted by molar-refractivity contribution is 0.0985. The van der Waals surface area contributed by atoms with Crippen LogP contribution in [-0.4, -0.2) is 17.6 Å². The molecule has 0 heterocycles. The highest BCUT2D eigenvalue weighted by molar-refractivity contribution is 8.00. The summed E-state index contributed by atoms with van der Waals surface area (Å²) >= 11 is 1.56. The van der Waals surface area contributed by atoms with Gasteiger partial charge in [0.1, 0.15) is 5.82 Å². The van der Waals surface area contributed by atoms with E-state index in [0.29, 0.717) is 22.3 Å². The number of Topliss-reactive ketones (excluding diaryl/α,β-unsaturated/α-hetero) is 1. The first-order chi connectivity index (χ1) is 7.70. The molecule has 0 atom stereocenters. The van der Waals surface area contributed by atoms with Gasteiger partial charge < -0.3 is 5.73 Å². The second kappa shape index (κ2) is 4.97. The fourth-order valence-electron chi connectivity index (χ4n) is 1.41. The molecule has 2 rings (SSSR count). The molecule has 86 valence electrons. The zero-order chi connectivity index (χ0) is 11.5. The number of nitrogens with two attached hydrogens (primary N) is 1. The zero-order valence-electron chi connectivity index (χ0n) is 8.91. The van der Waals surface area contributed by atoms with Crippen LogP contribution in [0, 0.1) is 5.82 Å². The Balaban J connectivity index is 2.11. The molecule has 16 heavy (non-hydrogen) atoms. The molecule has 0 aliphatic heterocycles. The van der Waals surface area contributed by atoms with Crippen LogP contribution in [0.2, 0.25) is 0 Å². The first-order valence-electron chi connectivity index (χ1n) is 5.40. The van der Waals surface area contributed by atoms with Gasteiger partial charge in [-0.1, -0.05) is 6.07 Å². The van der Waals surface area contributed by atoms with Crippen molar-refractivity contribution in [3.63, 3.8) is 0 Å². The monoisotopic (exact) mass is 239 g/mol. The SMILES string of the molecule is NCCC(=O)c1ccc(SC2CC2)c(F)c1. The summed E-state index contributed by atoms with van der Waals surface area (Å²) in [6.07, 6.45) is 2.60. The molecule has 1 aliphatic carbocycles. The zero-order valence-corrected chi connectivity index (χ0v) is 9.73. The van der Waals surface area contributed by atoms with Crippen LogP contribution in [0.25, 0.3) is 0 Å². The van der Waals surface area contributed by atoms with Crippen LogP contribution in [-0.2, 0) is 0 Å². The Labute approximate surface area is 98.4 Å². The van der Waals surface area contributed by atoms with E-state index in [0.717, 1.165) is 12.8 Å². The minimum atomic E-state index is -0.292. The highest BCUT2D eigenvalue weighted by atomic mass is 32.2. The molecule has 1 saturated carbocycles. The molecule has 0 spiro atoms. The molecule has 0 bridgehead atoms. The first kappa shape index (κ1) is 11.6. The van der Waals surface area contributed by atoms with E-state index in [1.807, 2.05) is 0 Å². The molecule has 1 aliphatic rings. The number of carbonyl (C=O) groups is 1. The van der Waals surface area contributed by atoms with Gasteiger partial charge in [-0.3, -0.25) is 4.79 Å². The van der Waals surface area contributed by atoms with Gasteiger partial charge in [0.2, 0.25) is 0 Å². The first-order valence-corrected chi connectivity index (χ1v) is 6.28. The molecule has 2 nitrogen and oxygen atoms in total. The van der Waals surface area contributed by atoms with Crippen LogP contribution in [0.15, 0.2) is 23.1 Å². The summed E-state index contributed by atoms with van der Waals surface area (Å²) in [4.78, 5) is 12.1. The van der Waals surface area contributed by atoms with Crippen molar-refractivity contribution in [1.29, 1.82) is 0 Å². The van der Waals surface area contributed by atoms with Crippen molar-refractivity contribution in [2.45, 2.75) is 29.4 Å². The molecule has 0 aromatic heterocycles. The van der Waals surface area contributed by atoms with Crippen molar-refractivity contribution in [3.05, 3.63) is 29.6 Å². The van der Waals surface area contributed by atoms with Crippen molar-refractivity contribution in [3.8, 4) is 0 Å². The van der Waals surface area contributed by atoms with E-state index in [2.05, 4.69) is 0 Å². The number of rotatable bonds is 5. The molecule has 2 N–H and O–H groups in total. The average Bonchev–Trinajstić information content (AvgIpc) is 3.05. The Kier molecular flexibility index (Phi) is 3.61. The minimum Gasteiger partial charge on any atom is -0.330 e. The summed E-state index contributed by atoms with van der Waals surface area (Å²) in [5.41, 5.74) is 5.71. The molecule has 1 aromatic carbocycles. The summed E-state index contributed by atoms with van der Waals surface area (Å²) in [6.45, 7) is 0.305. The van der Waals surface area contributed by atoms with Gasteiger partial charge in [-0.05, 0) is 31.5 Å². The third-order valence-electron chi connectivity index (χ3n) is 2.44. The van der Waals surface area contributed by atoms with Crippen LogP contribution in [0.1, 0.15) is 29.6 Å². The van der Waals surface area contributed by atoms with Crippen LogP contribution in [0.5, 0.6) is 0 Å². The van der Waals surface area contributed by atoms with Gasteiger partial charge in [0.05, 0.1) is 0 Å². The highest BCUT2D eigenvalue weighted by Crippen LogP contribution is 2.40. The lowest BCUT2D eigenvalue weighted by Gasteiger charge is -2.04. The van der Waals surface area contributed by atoms with Gasteiger partial charge in [0.15, 0.2) is 5.78 Å². The van der Waals surface area contributed by atoms with Crippen LogP contribution in [0.4, 0.5) is 4.39 Å². The average molecular weight is 239 g/mol. The van der Waals surface area contributed by atoms with Gasteiger partial charge in [-0.25, -0.2) is 4.39 Å². The highest BCUT2D eigenvalue weighted by Gasteiger charge is 2.24. The molecule has 0 amide bonds. The summed E-state index contributed by atoms with van der Waals surface area (Å²) in [5.74, 6) is -0.385. The topological polar surface area (TPSA) is 43.1 Å². The summed E-state index contributed by atoms with van der Waals surface area (Å²) in [5, 5.41) is 0.570. The standard InChI is InChI=1S/C12H14FNOS/c13-10-7-8(11(15)5-6-14)1-4-12(10)16-9-2-3-9/h1,4,7,9H,2-3,5-6,14H2. The van der Waals surface area contributed by atoms with Gasteiger partial charge in [0, 0.05) is 22.1 Å². The molecule has 4 heteroatoms. The second-order valence-corrected chi connectivity index (χ2v) is 5.27. The Morgan fingerprint density at radius 1 is 1.50 bits per heavy atom. The van der Waals surface area contributed by atoms with E-state index in [9.17, 15) is 9.18 Å². The quantitative estimate of drug-likeness (QED) is 0.803. The number of carbonyl (C=O) groups excluding carboxylic acids is 1. The van der Waals surface area contributed by atoms with E-state index in [-0.39, 0.29) is 18.0 Å². The molecule has 0 unspecified atom stereocenters. The van der Waals surface area contributed by atoms with E-state index >= 15 is 0 Å². The van der Waals surface area contributed by atoms with E-state index in [4.69, 9.17) is 5.73 Å². The molecule has 0 radical (unpaired) electrons. The van der Waals surface area contributed by atoms with Gasteiger partial charge >= 0.3 is 0 Å². The Bertz CT molecular complexity index is 404. The van der Waals surface area contributed by atoms with Gasteiger partial charge in [0.25, 0.3) is 0 Å². The number of hydrogen-bond donors (Lipinski definition) is 1. The second-order valence-electron chi connectivity index (χ2n) is 3.92. The summed E-state index contributed by atoms with van der Waals surface area (Å²) < 4.78 is 13.6. The van der Waals surface area contributed by atoms with Crippen molar-refractivity contribution >= 4 is 17.5 Å².